The van der Waals surface area contributed by atoms with Crippen molar-refractivity contribution in [1.29, 1.82) is 0 Å². The van der Waals surface area contributed by atoms with E-state index in [0.29, 0.717) is 26.2 Å². The molecule has 0 bridgehead atoms. The van der Waals surface area contributed by atoms with Crippen molar-refractivity contribution < 1.29 is 9.53 Å². The molecule has 0 fully saturated rings. The third-order valence-electron chi connectivity index (χ3n) is 2.55. The molecule has 112 valence electrons. The van der Waals surface area contributed by atoms with Crippen LogP contribution in [0.3, 0.4) is 0 Å². The lowest BCUT2D eigenvalue weighted by atomic mass is 10.2. The Hall–Kier alpha value is -0.590. The van der Waals surface area contributed by atoms with Crippen molar-refractivity contribution in [2.24, 2.45) is 0 Å². The van der Waals surface area contributed by atoms with E-state index in [9.17, 15) is 4.79 Å². The van der Waals surface area contributed by atoms with Gasteiger partial charge in [0.2, 0.25) is 5.91 Å². The first kappa shape index (κ1) is 17.5. The number of amides is 1. The van der Waals surface area contributed by atoms with Crippen LogP contribution in [0.1, 0.15) is 25.8 Å². The molecule has 0 aliphatic heterocycles. The van der Waals surface area contributed by atoms with Gasteiger partial charge in [-0.15, -0.1) is 0 Å². The fourth-order valence-electron chi connectivity index (χ4n) is 1.69. The summed E-state index contributed by atoms with van der Waals surface area (Å²) >= 11 is 6.95. The first-order valence-corrected chi connectivity index (χ1v) is 8.25. The fourth-order valence-corrected chi connectivity index (χ4v) is 3.12. The first-order chi connectivity index (χ1) is 9.58. The summed E-state index contributed by atoms with van der Waals surface area (Å²) in [5, 5.41) is 5.96. The maximum Gasteiger partial charge on any atom is 0.233 e. The number of hydrogen-bond donors (Lipinski definition) is 2. The lowest BCUT2D eigenvalue weighted by molar-refractivity contribution is -0.120. The van der Waals surface area contributed by atoms with E-state index >= 15 is 0 Å². The zero-order valence-corrected chi connectivity index (χ0v) is 14.9. The topological polar surface area (TPSA) is 50.4 Å². The van der Waals surface area contributed by atoms with Crippen LogP contribution >= 0.6 is 31.9 Å². The molecule has 1 aromatic carbocycles. The standard InChI is InChI=1S/C14H20Br2N2O2/c1-3-5-18-13(19)9-17-8-10-6-11(15)7-12(16)14(10)20-4-2/h6-7,17H,3-5,8-9H2,1-2H3,(H,18,19). The molecule has 0 spiro atoms. The fraction of sp³-hybridized carbons (Fsp3) is 0.500. The average Bonchev–Trinajstić information content (AvgIpc) is 2.40. The summed E-state index contributed by atoms with van der Waals surface area (Å²) < 4.78 is 7.51. The van der Waals surface area contributed by atoms with Crippen LogP contribution in [-0.4, -0.2) is 25.6 Å². The number of rotatable bonds is 8. The molecule has 0 saturated carbocycles. The molecule has 0 aliphatic rings. The van der Waals surface area contributed by atoms with Crippen LogP contribution in [0.4, 0.5) is 0 Å². The van der Waals surface area contributed by atoms with Crippen LogP contribution in [-0.2, 0) is 11.3 Å². The predicted molar refractivity (Wildman–Crippen MR) is 88.0 cm³/mol. The van der Waals surface area contributed by atoms with Crippen molar-refractivity contribution in [1.82, 2.24) is 10.6 Å². The molecular formula is C14H20Br2N2O2. The molecule has 0 aromatic heterocycles. The van der Waals surface area contributed by atoms with E-state index in [1.165, 1.54) is 0 Å². The summed E-state index contributed by atoms with van der Waals surface area (Å²) in [6.07, 6.45) is 0.943. The number of benzene rings is 1. The van der Waals surface area contributed by atoms with Crippen molar-refractivity contribution in [3.8, 4) is 5.75 Å². The highest BCUT2D eigenvalue weighted by Crippen LogP contribution is 2.32. The normalized spacial score (nSPS) is 10.4. The Kier molecular flexibility index (Phi) is 8.18. The van der Waals surface area contributed by atoms with Gasteiger partial charge < -0.3 is 15.4 Å². The van der Waals surface area contributed by atoms with Crippen LogP contribution in [0.5, 0.6) is 5.75 Å². The van der Waals surface area contributed by atoms with Crippen molar-refractivity contribution in [2.75, 3.05) is 19.7 Å². The Morgan fingerprint density at radius 3 is 2.70 bits per heavy atom. The van der Waals surface area contributed by atoms with E-state index in [-0.39, 0.29) is 5.91 Å². The molecule has 1 aromatic rings. The molecule has 4 nitrogen and oxygen atoms in total. The van der Waals surface area contributed by atoms with Crippen LogP contribution in [0.2, 0.25) is 0 Å². The lowest BCUT2D eigenvalue weighted by Gasteiger charge is -2.13. The van der Waals surface area contributed by atoms with Gasteiger partial charge in [-0.1, -0.05) is 22.9 Å². The molecule has 0 saturated heterocycles. The number of nitrogens with one attached hydrogen (secondary N) is 2. The zero-order chi connectivity index (χ0) is 15.0. The van der Waals surface area contributed by atoms with E-state index in [1.807, 2.05) is 26.0 Å². The van der Waals surface area contributed by atoms with Gasteiger partial charge in [0, 0.05) is 23.1 Å². The van der Waals surface area contributed by atoms with E-state index < -0.39 is 0 Å². The molecule has 0 aliphatic carbocycles. The molecule has 20 heavy (non-hydrogen) atoms. The maximum atomic E-state index is 11.5. The van der Waals surface area contributed by atoms with Crippen molar-refractivity contribution in [2.45, 2.75) is 26.8 Å². The third-order valence-corrected chi connectivity index (χ3v) is 3.59. The number of ether oxygens (including phenoxy) is 1. The highest BCUT2D eigenvalue weighted by Gasteiger charge is 2.10. The third kappa shape index (κ3) is 5.81. The van der Waals surface area contributed by atoms with E-state index in [4.69, 9.17) is 4.74 Å². The molecule has 0 radical (unpaired) electrons. The predicted octanol–water partition coefficient (Wildman–Crippen LogP) is 3.23. The van der Waals surface area contributed by atoms with Gasteiger partial charge in [0.15, 0.2) is 0 Å². The van der Waals surface area contributed by atoms with E-state index in [2.05, 4.69) is 42.5 Å². The number of carbonyl (C=O) groups is 1. The second-order valence-electron chi connectivity index (χ2n) is 4.26. The Morgan fingerprint density at radius 1 is 1.30 bits per heavy atom. The van der Waals surface area contributed by atoms with Gasteiger partial charge >= 0.3 is 0 Å². The Labute approximate surface area is 136 Å². The van der Waals surface area contributed by atoms with Crippen molar-refractivity contribution in [3.05, 3.63) is 26.6 Å². The summed E-state index contributed by atoms with van der Waals surface area (Å²) in [5.74, 6) is 0.830. The average molecular weight is 408 g/mol. The maximum absolute atomic E-state index is 11.5. The molecule has 0 unspecified atom stereocenters. The summed E-state index contributed by atoms with van der Waals surface area (Å²) in [7, 11) is 0. The van der Waals surface area contributed by atoms with Crippen LogP contribution in [0.25, 0.3) is 0 Å². The number of hydrogen-bond acceptors (Lipinski definition) is 3. The molecule has 0 atom stereocenters. The summed E-state index contributed by atoms with van der Waals surface area (Å²) in [5.41, 5.74) is 1.01. The molecule has 1 amide bonds. The molecule has 1 rings (SSSR count). The highest BCUT2D eigenvalue weighted by molar-refractivity contribution is 9.11. The quantitative estimate of drug-likeness (QED) is 0.695. The minimum Gasteiger partial charge on any atom is -0.492 e. The van der Waals surface area contributed by atoms with Gasteiger partial charge in [-0.3, -0.25) is 4.79 Å². The lowest BCUT2D eigenvalue weighted by Crippen LogP contribution is -2.34. The van der Waals surface area contributed by atoms with Gasteiger partial charge in [0.05, 0.1) is 17.6 Å². The van der Waals surface area contributed by atoms with Gasteiger partial charge in [-0.2, -0.15) is 0 Å². The van der Waals surface area contributed by atoms with Gasteiger partial charge in [-0.25, -0.2) is 0 Å². The molecule has 6 heteroatoms. The number of carbonyl (C=O) groups excluding carboxylic acids is 1. The SMILES string of the molecule is CCCNC(=O)CNCc1cc(Br)cc(Br)c1OCC. The smallest absolute Gasteiger partial charge is 0.233 e. The van der Waals surface area contributed by atoms with Crippen molar-refractivity contribution in [3.63, 3.8) is 0 Å². The van der Waals surface area contributed by atoms with Gasteiger partial charge in [0.25, 0.3) is 0 Å². The number of halogens is 2. The zero-order valence-electron chi connectivity index (χ0n) is 11.8. The van der Waals surface area contributed by atoms with Crippen LogP contribution in [0.15, 0.2) is 21.1 Å². The second kappa shape index (κ2) is 9.37. The van der Waals surface area contributed by atoms with Crippen LogP contribution in [0, 0.1) is 0 Å². The first-order valence-electron chi connectivity index (χ1n) is 6.66. The van der Waals surface area contributed by atoms with Gasteiger partial charge in [0.1, 0.15) is 5.75 Å². The summed E-state index contributed by atoms with van der Waals surface area (Å²) in [4.78, 5) is 11.5. The Bertz CT molecular complexity index is 453. The van der Waals surface area contributed by atoms with Crippen LogP contribution < -0.4 is 15.4 Å². The van der Waals surface area contributed by atoms with E-state index in [0.717, 1.165) is 26.7 Å². The molecule has 0 heterocycles. The Morgan fingerprint density at radius 2 is 2.05 bits per heavy atom. The largest absolute Gasteiger partial charge is 0.492 e. The molecule has 2 N–H and O–H groups in total. The minimum absolute atomic E-state index is 0.0128. The molecular weight excluding hydrogens is 388 g/mol. The summed E-state index contributed by atoms with van der Waals surface area (Å²) in [6.45, 7) is 6.17. The summed E-state index contributed by atoms with van der Waals surface area (Å²) in [6, 6.07) is 3.94. The van der Waals surface area contributed by atoms with Gasteiger partial charge in [-0.05, 0) is 41.4 Å². The highest BCUT2D eigenvalue weighted by atomic mass is 79.9. The monoisotopic (exact) mass is 406 g/mol. The Balaban J connectivity index is 2.60. The minimum atomic E-state index is 0.0128. The van der Waals surface area contributed by atoms with Crippen molar-refractivity contribution >= 4 is 37.8 Å². The second-order valence-corrected chi connectivity index (χ2v) is 6.03. The van der Waals surface area contributed by atoms with E-state index in [1.54, 1.807) is 0 Å².